The first-order valence-corrected chi connectivity index (χ1v) is 14.3. The summed E-state index contributed by atoms with van der Waals surface area (Å²) in [6.07, 6.45) is 7.97. The molecule has 2 fully saturated rings. The Balaban J connectivity index is 1.19. The van der Waals surface area contributed by atoms with Crippen molar-refractivity contribution < 1.29 is 23.8 Å². The molecule has 6 nitrogen and oxygen atoms in total. The Morgan fingerprint density at radius 1 is 1.07 bits per heavy atom. The number of halogens is 1. The van der Waals surface area contributed by atoms with Gasteiger partial charge in [-0.25, -0.2) is 9.38 Å². The molecular formula is C32H31FN2O4S. The summed E-state index contributed by atoms with van der Waals surface area (Å²) < 4.78 is 20.2. The molecule has 2 aliphatic rings. The third kappa shape index (κ3) is 6.80. The maximum atomic E-state index is 14.3. The number of ether oxygens (including phenoxy) is 1. The van der Waals surface area contributed by atoms with Crippen LogP contribution in [0.1, 0.15) is 60.3 Å². The highest BCUT2D eigenvalue weighted by Crippen LogP contribution is 2.34. The molecule has 0 spiro atoms. The van der Waals surface area contributed by atoms with Gasteiger partial charge in [-0.2, -0.15) is 0 Å². The lowest BCUT2D eigenvalue weighted by atomic mass is 9.84. The van der Waals surface area contributed by atoms with Crippen molar-refractivity contribution in [3.05, 3.63) is 99.7 Å². The Kier molecular flexibility index (Phi) is 8.65. The summed E-state index contributed by atoms with van der Waals surface area (Å²) in [4.78, 5) is 30.0. The fraction of sp³-hybridized carbons (Fsp3) is 0.281. The molecule has 0 radical (unpaired) electrons. The molecule has 206 valence electrons. The van der Waals surface area contributed by atoms with Crippen LogP contribution in [-0.2, 0) is 22.6 Å². The minimum Gasteiger partial charge on any atom is -0.489 e. The molecule has 5 rings (SSSR count). The lowest BCUT2D eigenvalue weighted by Gasteiger charge is -2.22. The van der Waals surface area contributed by atoms with Crippen molar-refractivity contribution in [2.24, 2.45) is 4.99 Å². The van der Waals surface area contributed by atoms with E-state index < -0.39 is 18.2 Å². The van der Waals surface area contributed by atoms with E-state index in [0.717, 1.165) is 16.9 Å². The molecule has 40 heavy (non-hydrogen) atoms. The largest absolute Gasteiger partial charge is 0.489 e. The number of carboxylic acid groups (broad SMARTS) is 1. The predicted molar refractivity (Wildman–Crippen MR) is 156 cm³/mol. The molecule has 3 aromatic carbocycles. The van der Waals surface area contributed by atoms with Crippen LogP contribution in [0.25, 0.3) is 6.08 Å². The summed E-state index contributed by atoms with van der Waals surface area (Å²) in [6.45, 7) is 0.488. The molecule has 8 heteroatoms. The summed E-state index contributed by atoms with van der Waals surface area (Å²) in [7, 11) is 1.61. The SMILES string of the molecule is CN1C(=O)/C(=C\c2ccc(OCc3ccc(C4CCCCC4)cc3)cc2)SC1=Nc1ccc(CC(=O)O)c(F)c1. The highest BCUT2D eigenvalue weighted by molar-refractivity contribution is 8.18. The standard InChI is InChI=1S/C32H31FN2O4S/c1-35-31(38)29(40-32(35)34-26-14-13-25(18-30(36)37)28(33)19-26)17-21-9-15-27(16-10-21)39-20-22-7-11-24(12-8-22)23-5-3-2-4-6-23/h7-17,19,23H,2-6,18,20H2,1H3,(H,36,37)/b29-17+,34-32?. The van der Waals surface area contributed by atoms with Gasteiger partial charge in [0.25, 0.3) is 5.91 Å². The Hall–Kier alpha value is -3.91. The maximum Gasteiger partial charge on any atom is 0.307 e. The molecule has 0 bridgehead atoms. The van der Waals surface area contributed by atoms with E-state index in [1.807, 2.05) is 24.3 Å². The molecule has 1 aliphatic heterocycles. The van der Waals surface area contributed by atoms with E-state index in [-0.39, 0.29) is 11.5 Å². The minimum atomic E-state index is -1.11. The first kappa shape index (κ1) is 27.6. The second-order valence-corrected chi connectivity index (χ2v) is 11.2. The molecule has 1 N–H and O–H groups in total. The Morgan fingerprint density at radius 3 is 2.48 bits per heavy atom. The van der Waals surface area contributed by atoms with E-state index >= 15 is 0 Å². The maximum absolute atomic E-state index is 14.3. The van der Waals surface area contributed by atoms with E-state index in [1.54, 1.807) is 19.2 Å². The number of aliphatic imine (C=N–C) groups is 1. The van der Waals surface area contributed by atoms with E-state index in [1.165, 1.54) is 66.5 Å². The summed E-state index contributed by atoms with van der Waals surface area (Å²) in [5.74, 6) is -0.517. The van der Waals surface area contributed by atoms with Gasteiger partial charge >= 0.3 is 5.97 Å². The number of aliphatic carboxylic acids is 1. The lowest BCUT2D eigenvalue weighted by molar-refractivity contribution is -0.136. The summed E-state index contributed by atoms with van der Waals surface area (Å²) in [5.41, 5.74) is 3.80. The van der Waals surface area contributed by atoms with Crippen LogP contribution in [0.4, 0.5) is 10.1 Å². The molecule has 3 aromatic rings. The first-order valence-electron chi connectivity index (χ1n) is 13.4. The van der Waals surface area contributed by atoms with Crippen LogP contribution >= 0.6 is 11.8 Å². The van der Waals surface area contributed by atoms with E-state index in [4.69, 9.17) is 9.84 Å². The third-order valence-electron chi connectivity index (χ3n) is 7.25. The Bertz CT molecular complexity index is 1440. The monoisotopic (exact) mass is 558 g/mol. The van der Waals surface area contributed by atoms with E-state index in [0.29, 0.717) is 28.3 Å². The first-order chi connectivity index (χ1) is 19.4. The fourth-order valence-electron chi connectivity index (χ4n) is 4.97. The number of nitrogens with zero attached hydrogens (tertiary/aromatic N) is 2. The van der Waals surface area contributed by atoms with Crippen LogP contribution in [0, 0.1) is 5.82 Å². The van der Waals surface area contributed by atoms with Crippen molar-refractivity contribution in [1.82, 2.24) is 4.90 Å². The third-order valence-corrected chi connectivity index (χ3v) is 8.31. The van der Waals surface area contributed by atoms with Crippen LogP contribution in [-0.4, -0.2) is 34.1 Å². The normalized spacial score (nSPS) is 18.1. The van der Waals surface area contributed by atoms with Gasteiger partial charge in [0.1, 0.15) is 18.2 Å². The molecule has 1 amide bonds. The number of carbonyl (C=O) groups excluding carboxylic acids is 1. The lowest BCUT2D eigenvalue weighted by Crippen LogP contribution is -2.23. The van der Waals surface area contributed by atoms with Gasteiger partial charge in [-0.15, -0.1) is 0 Å². The van der Waals surface area contributed by atoms with Gasteiger partial charge in [0.15, 0.2) is 5.17 Å². The quantitative estimate of drug-likeness (QED) is 0.293. The van der Waals surface area contributed by atoms with Crippen LogP contribution in [0.2, 0.25) is 0 Å². The molecule has 0 aromatic heterocycles. The highest BCUT2D eigenvalue weighted by Gasteiger charge is 2.30. The zero-order valence-corrected chi connectivity index (χ0v) is 23.1. The molecule has 0 atom stereocenters. The molecule has 1 saturated heterocycles. The molecule has 1 saturated carbocycles. The van der Waals surface area contributed by atoms with Crippen molar-refractivity contribution in [3.63, 3.8) is 0 Å². The average molecular weight is 559 g/mol. The van der Waals surface area contributed by atoms with Crippen LogP contribution < -0.4 is 4.74 Å². The number of amidine groups is 1. The number of benzene rings is 3. The van der Waals surface area contributed by atoms with E-state index in [9.17, 15) is 14.0 Å². The Morgan fingerprint density at radius 2 is 1.80 bits per heavy atom. The zero-order chi connectivity index (χ0) is 28.1. The number of carbonyl (C=O) groups is 2. The number of thioether (sulfide) groups is 1. The Labute approximate surface area is 237 Å². The minimum absolute atomic E-state index is 0.0838. The molecule has 0 unspecified atom stereocenters. The van der Waals surface area contributed by atoms with Gasteiger partial charge in [0.05, 0.1) is 17.0 Å². The number of amides is 1. The van der Waals surface area contributed by atoms with Gasteiger partial charge in [0.2, 0.25) is 0 Å². The number of hydrogen-bond donors (Lipinski definition) is 1. The predicted octanol–water partition coefficient (Wildman–Crippen LogP) is 7.31. The van der Waals surface area contributed by atoms with Gasteiger partial charge in [-0.3, -0.25) is 14.5 Å². The van der Waals surface area contributed by atoms with Gasteiger partial charge in [0, 0.05) is 7.05 Å². The van der Waals surface area contributed by atoms with Crippen LogP contribution in [0.5, 0.6) is 5.75 Å². The van der Waals surface area contributed by atoms with Crippen molar-refractivity contribution in [2.75, 3.05) is 7.05 Å². The number of carboxylic acids is 1. The molecular weight excluding hydrogens is 527 g/mol. The van der Waals surface area contributed by atoms with Crippen molar-refractivity contribution in [3.8, 4) is 5.75 Å². The van der Waals surface area contributed by atoms with Crippen molar-refractivity contribution in [2.45, 2.75) is 51.0 Å². The second-order valence-electron chi connectivity index (χ2n) is 10.1. The number of hydrogen-bond acceptors (Lipinski definition) is 5. The molecule has 1 aliphatic carbocycles. The second kappa shape index (κ2) is 12.5. The fourth-order valence-corrected chi connectivity index (χ4v) is 5.96. The average Bonchev–Trinajstić information content (AvgIpc) is 3.22. The molecule has 1 heterocycles. The number of likely N-dealkylation sites (N-methyl/N-ethyl adjacent to an activating group) is 1. The topological polar surface area (TPSA) is 79.2 Å². The van der Waals surface area contributed by atoms with Gasteiger partial charge in [-0.05, 0) is 83.1 Å². The smallest absolute Gasteiger partial charge is 0.307 e. The number of rotatable bonds is 8. The summed E-state index contributed by atoms with van der Waals surface area (Å²) >= 11 is 1.20. The summed E-state index contributed by atoms with van der Waals surface area (Å²) in [6, 6.07) is 20.5. The van der Waals surface area contributed by atoms with Crippen LogP contribution in [0.3, 0.4) is 0 Å². The van der Waals surface area contributed by atoms with Crippen LogP contribution in [0.15, 0.2) is 76.6 Å². The van der Waals surface area contributed by atoms with E-state index in [2.05, 4.69) is 29.3 Å². The summed E-state index contributed by atoms with van der Waals surface area (Å²) in [5, 5.41) is 9.30. The van der Waals surface area contributed by atoms with Crippen molar-refractivity contribution >= 4 is 40.6 Å². The zero-order valence-electron chi connectivity index (χ0n) is 22.3. The van der Waals surface area contributed by atoms with Crippen molar-refractivity contribution in [1.29, 1.82) is 0 Å². The highest BCUT2D eigenvalue weighted by atomic mass is 32.2. The van der Waals surface area contributed by atoms with Gasteiger partial charge in [-0.1, -0.05) is 61.7 Å². The van der Waals surface area contributed by atoms with Gasteiger partial charge < -0.3 is 9.84 Å².